The van der Waals surface area contributed by atoms with Gasteiger partial charge in [0.05, 0.1) is 12.7 Å². The van der Waals surface area contributed by atoms with Crippen molar-refractivity contribution in [3.63, 3.8) is 0 Å². The fourth-order valence-corrected chi connectivity index (χ4v) is 4.97. The van der Waals surface area contributed by atoms with E-state index in [-0.39, 0.29) is 19.6 Å². The van der Waals surface area contributed by atoms with E-state index in [1.54, 1.807) is 0 Å². The van der Waals surface area contributed by atoms with E-state index in [2.05, 4.69) is 19.6 Å². The highest BCUT2D eigenvalue weighted by atomic mass is 28.3. The Morgan fingerprint density at radius 3 is 1.90 bits per heavy atom. The molecule has 2 fully saturated rings. The minimum Gasteiger partial charge on any atom is -0.463 e. The number of ether oxygens (including phenoxy) is 8. The van der Waals surface area contributed by atoms with E-state index in [1.165, 1.54) is 13.8 Å². The summed E-state index contributed by atoms with van der Waals surface area (Å²) in [5.41, 5.74) is 0. The van der Waals surface area contributed by atoms with Crippen molar-refractivity contribution in [1.82, 2.24) is 0 Å². The molecule has 0 bridgehead atoms. The number of rotatable bonds is 12. The highest BCUT2D eigenvalue weighted by Gasteiger charge is 2.54. The maximum absolute atomic E-state index is 12.2. The van der Waals surface area contributed by atoms with Gasteiger partial charge in [-0.3, -0.25) is 19.2 Å². The zero-order valence-electron chi connectivity index (χ0n) is 24.0. The number of carbonyl (C=O) groups is 4. The molecule has 0 aromatic heterocycles. The zero-order chi connectivity index (χ0) is 30.2. The summed E-state index contributed by atoms with van der Waals surface area (Å²) < 4.78 is 45.4. The normalized spacial score (nSPS) is 32.6. The van der Waals surface area contributed by atoms with Gasteiger partial charge in [-0.1, -0.05) is 19.6 Å². The van der Waals surface area contributed by atoms with E-state index < -0.39 is 93.9 Å². The van der Waals surface area contributed by atoms with Gasteiger partial charge < -0.3 is 48.1 Å². The molecular formula is C25H42O14Si. The lowest BCUT2D eigenvalue weighted by Gasteiger charge is -2.47. The van der Waals surface area contributed by atoms with E-state index in [0.717, 1.165) is 19.9 Å². The van der Waals surface area contributed by atoms with Crippen molar-refractivity contribution in [2.45, 2.75) is 115 Å². The van der Waals surface area contributed by atoms with E-state index in [9.17, 15) is 29.4 Å². The monoisotopic (exact) mass is 594 g/mol. The lowest BCUT2D eigenvalue weighted by molar-refractivity contribution is -0.350. The Bertz CT molecular complexity index is 876. The highest BCUT2D eigenvalue weighted by molar-refractivity contribution is 6.76. The average molecular weight is 595 g/mol. The summed E-state index contributed by atoms with van der Waals surface area (Å²) in [6, 6.07) is 0.747. The van der Waals surface area contributed by atoms with Crippen LogP contribution in [0.2, 0.25) is 25.7 Å². The van der Waals surface area contributed by atoms with Gasteiger partial charge in [-0.15, -0.1) is 0 Å². The molecule has 230 valence electrons. The van der Waals surface area contributed by atoms with Crippen LogP contribution in [0.1, 0.15) is 34.1 Å². The van der Waals surface area contributed by atoms with Gasteiger partial charge in [0.1, 0.15) is 24.9 Å². The van der Waals surface area contributed by atoms with E-state index in [1.807, 2.05) is 0 Å². The van der Waals surface area contributed by atoms with Crippen molar-refractivity contribution in [1.29, 1.82) is 0 Å². The molecule has 2 saturated heterocycles. The topological polar surface area (TPSA) is 183 Å². The van der Waals surface area contributed by atoms with Gasteiger partial charge in [0, 0.05) is 48.8 Å². The van der Waals surface area contributed by atoms with Crippen LogP contribution >= 0.6 is 0 Å². The zero-order valence-corrected chi connectivity index (χ0v) is 25.0. The van der Waals surface area contributed by atoms with Crippen LogP contribution in [0.3, 0.4) is 0 Å². The smallest absolute Gasteiger partial charge is 0.303 e. The summed E-state index contributed by atoms with van der Waals surface area (Å²) >= 11 is 0. The summed E-state index contributed by atoms with van der Waals surface area (Å²) in [7, 11) is -1.53. The summed E-state index contributed by atoms with van der Waals surface area (Å²) in [6.45, 7) is 10.4. The Morgan fingerprint density at radius 2 is 1.38 bits per heavy atom. The first-order chi connectivity index (χ1) is 18.6. The summed E-state index contributed by atoms with van der Waals surface area (Å²) in [4.78, 5) is 47.7. The Hall–Kier alpha value is -2.14. The van der Waals surface area contributed by atoms with Gasteiger partial charge in [0.25, 0.3) is 0 Å². The molecule has 2 aliphatic heterocycles. The summed E-state index contributed by atoms with van der Waals surface area (Å²) in [5.74, 6) is -2.76. The molecular weight excluding hydrogens is 552 g/mol. The number of esters is 4. The standard InChI is InChI=1S/C25H42O14Si/c1-13(27)33-12-20-21(39-24-18(34-14(2)28)10-17(31)19(11-26)37-24)22(35-15(3)29)23(36-16(4)30)25(38-20)32-8-9-40(5,6)7/h17-26,31H,8-12H2,1-7H3/t17-,18-,19-,20-,21-,22+,23-,24+,25-/m1/s1. The predicted octanol–water partition coefficient (Wildman–Crippen LogP) is 0.278. The second-order valence-electron chi connectivity index (χ2n) is 11.0. The first-order valence-electron chi connectivity index (χ1n) is 13.1. The molecule has 0 aliphatic carbocycles. The van der Waals surface area contributed by atoms with Crippen molar-refractivity contribution < 1.29 is 67.3 Å². The second kappa shape index (κ2) is 15.2. The summed E-state index contributed by atoms with van der Waals surface area (Å²) in [6.07, 6.45) is -11.2. The van der Waals surface area contributed by atoms with Crippen molar-refractivity contribution >= 4 is 32.0 Å². The van der Waals surface area contributed by atoms with E-state index >= 15 is 0 Å². The quantitative estimate of drug-likeness (QED) is 0.178. The molecule has 14 nitrogen and oxygen atoms in total. The molecule has 2 heterocycles. The molecule has 0 spiro atoms. The van der Waals surface area contributed by atoms with Crippen molar-refractivity contribution in [2.24, 2.45) is 0 Å². The Kier molecular flexibility index (Phi) is 12.9. The number of hydrogen-bond acceptors (Lipinski definition) is 14. The van der Waals surface area contributed by atoms with Crippen molar-refractivity contribution in [3.8, 4) is 0 Å². The van der Waals surface area contributed by atoms with Crippen LogP contribution in [0.5, 0.6) is 0 Å². The molecule has 2 aliphatic rings. The maximum atomic E-state index is 12.2. The van der Waals surface area contributed by atoms with E-state index in [0.29, 0.717) is 0 Å². The third kappa shape index (κ3) is 10.7. The van der Waals surface area contributed by atoms with Gasteiger partial charge in [0.15, 0.2) is 30.9 Å². The number of aliphatic hydroxyl groups excluding tert-OH is 2. The molecule has 2 N–H and O–H groups in total. The third-order valence-corrected chi connectivity index (χ3v) is 7.79. The Morgan fingerprint density at radius 1 is 0.800 bits per heavy atom. The van der Waals surface area contributed by atoms with Crippen LogP contribution in [0.15, 0.2) is 0 Å². The van der Waals surface area contributed by atoms with Gasteiger partial charge in [-0.25, -0.2) is 0 Å². The molecule has 9 atom stereocenters. The predicted molar refractivity (Wildman–Crippen MR) is 137 cm³/mol. The third-order valence-electron chi connectivity index (χ3n) is 6.08. The SMILES string of the molecule is CC(=O)OC[C@H]1O[C@@H](OCC[Si](C)(C)C)[C@H](OC(C)=O)[C@@H](OC(C)=O)[C@@H]1O[C@@H]1O[C@H](CO)[C@H](O)C[C@H]1OC(C)=O. The molecule has 15 heteroatoms. The molecule has 40 heavy (non-hydrogen) atoms. The Balaban J connectivity index is 2.47. The molecule has 0 aromatic rings. The van der Waals surface area contributed by atoms with Crippen LogP contribution in [-0.2, 0) is 57.1 Å². The number of hydrogen-bond donors (Lipinski definition) is 2. The van der Waals surface area contributed by atoms with Crippen LogP contribution in [0.25, 0.3) is 0 Å². The fraction of sp³-hybridized carbons (Fsp3) is 0.840. The van der Waals surface area contributed by atoms with Crippen LogP contribution < -0.4 is 0 Å². The largest absolute Gasteiger partial charge is 0.463 e. The molecule has 0 radical (unpaired) electrons. The molecule has 0 amide bonds. The highest BCUT2D eigenvalue weighted by Crippen LogP contribution is 2.33. The van der Waals surface area contributed by atoms with Crippen LogP contribution in [0.4, 0.5) is 0 Å². The molecule has 0 aromatic carbocycles. The number of carbonyl (C=O) groups excluding carboxylic acids is 4. The number of aliphatic hydroxyl groups is 2. The van der Waals surface area contributed by atoms with Crippen LogP contribution in [0, 0.1) is 0 Å². The van der Waals surface area contributed by atoms with Gasteiger partial charge in [0.2, 0.25) is 0 Å². The second-order valence-corrected chi connectivity index (χ2v) is 16.6. The van der Waals surface area contributed by atoms with Crippen LogP contribution in [-0.4, -0.2) is 117 Å². The lowest BCUT2D eigenvalue weighted by Crippen LogP contribution is -2.64. The average Bonchev–Trinajstić information content (AvgIpc) is 2.80. The molecule has 0 unspecified atom stereocenters. The summed E-state index contributed by atoms with van der Waals surface area (Å²) in [5, 5.41) is 20.0. The lowest BCUT2D eigenvalue weighted by atomic mass is 9.97. The van der Waals surface area contributed by atoms with Crippen molar-refractivity contribution in [3.05, 3.63) is 0 Å². The molecule has 2 rings (SSSR count). The molecule has 0 saturated carbocycles. The van der Waals surface area contributed by atoms with Gasteiger partial charge in [-0.2, -0.15) is 0 Å². The van der Waals surface area contributed by atoms with Gasteiger partial charge in [-0.05, 0) is 6.04 Å². The minimum absolute atomic E-state index is 0.133. The first kappa shape index (κ1) is 34.1. The van der Waals surface area contributed by atoms with Crippen molar-refractivity contribution in [2.75, 3.05) is 19.8 Å². The maximum Gasteiger partial charge on any atom is 0.303 e. The fourth-order valence-electron chi connectivity index (χ4n) is 4.24. The van der Waals surface area contributed by atoms with Gasteiger partial charge >= 0.3 is 23.9 Å². The Labute approximate surface area is 234 Å². The van der Waals surface area contributed by atoms with E-state index in [4.69, 9.17) is 37.9 Å². The minimum atomic E-state index is -1.53. The first-order valence-corrected chi connectivity index (χ1v) is 16.8.